The van der Waals surface area contributed by atoms with E-state index >= 15 is 0 Å². The standard InChI is InChI=1S/C12H18BrNOS/c1-5-6-12(3,4)14-11(15)9-7-8(2)10(13)16-9/h7H,5-6H2,1-4H3,(H,14,15). The van der Waals surface area contributed by atoms with Gasteiger partial charge in [0.25, 0.3) is 5.91 Å². The van der Waals surface area contributed by atoms with Crippen molar-refractivity contribution in [1.29, 1.82) is 0 Å². The number of halogens is 1. The van der Waals surface area contributed by atoms with Gasteiger partial charge in [-0.25, -0.2) is 0 Å². The first-order valence-electron chi connectivity index (χ1n) is 5.44. The van der Waals surface area contributed by atoms with Crippen LogP contribution in [0.2, 0.25) is 0 Å². The topological polar surface area (TPSA) is 29.1 Å². The molecule has 0 fully saturated rings. The second kappa shape index (κ2) is 5.32. The Bertz CT molecular complexity index is 365. The average Bonchev–Trinajstić information content (AvgIpc) is 2.46. The van der Waals surface area contributed by atoms with E-state index in [0.29, 0.717) is 0 Å². The molecule has 0 spiro atoms. The fourth-order valence-corrected chi connectivity index (χ4v) is 3.06. The lowest BCUT2D eigenvalue weighted by Crippen LogP contribution is -2.42. The van der Waals surface area contributed by atoms with Crippen LogP contribution in [0.25, 0.3) is 0 Å². The highest BCUT2D eigenvalue weighted by molar-refractivity contribution is 9.11. The number of hydrogen-bond acceptors (Lipinski definition) is 2. The van der Waals surface area contributed by atoms with E-state index in [9.17, 15) is 4.79 Å². The molecule has 2 nitrogen and oxygen atoms in total. The van der Waals surface area contributed by atoms with Crippen LogP contribution >= 0.6 is 27.3 Å². The molecule has 0 aliphatic carbocycles. The Hall–Kier alpha value is -0.350. The lowest BCUT2D eigenvalue weighted by molar-refractivity contribution is 0.0913. The Kier molecular flexibility index (Phi) is 4.56. The summed E-state index contributed by atoms with van der Waals surface area (Å²) in [6.07, 6.45) is 2.06. The number of amides is 1. The van der Waals surface area contributed by atoms with Gasteiger partial charge in [-0.3, -0.25) is 4.79 Å². The third-order valence-corrected chi connectivity index (χ3v) is 4.54. The molecule has 0 aliphatic heterocycles. The monoisotopic (exact) mass is 303 g/mol. The Morgan fingerprint density at radius 2 is 2.19 bits per heavy atom. The molecule has 0 aliphatic rings. The smallest absolute Gasteiger partial charge is 0.261 e. The summed E-state index contributed by atoms with van der Waals surface area (Å²) in [6.45, 7) is 8.24. The average molecular weight is 304 g/mol. The van der Waals surface area contributed by atoms with Crippen molar-refractivity contribution in [2.75, 3.05) is 0 Å². The van der Waals surface area contributed by atoms with Gasteiger partial charge >= 0.3 is 0 Å². The van der Waals surface area contributed by atoms with E-state index in [1.165, 1.54) is 11.3 Å². The first-order chi connectivity index (χ1) is 7.35. The highest BCUT2D eigenvalue weighted by atomic mass is 79.9. The fourth-order valence-electron chi connectivity index (χ4n) is 1.63. The molecule has 1 aromatic rings. The maximum absolute atomic E-state index is 12.0. The largest absolute Gasteiger partial charge is 0.346 e. The Morgan fingerprint density at radius 1 is 1.56 bits per heavy atom. The Morgan fingerprint density at radius 3 is 2.62 bits per heavy atom. The van der Waals surface area contributed by atoms with Crippen LogP contribution in [0.1, 0.15) is 48.8 Å². The van der Waals surface area contributed by atoms with E-state index < -0.39 is 0 Å². The summed E-state index contributed by atoms with van der Waals surface area (Å²) in [5.41, 5.74) is 0.986. The molecule has 1 heterocycles. The van der Waals surface area contributed by atoms with Crippen molar-refractivity contribution < 1.29 is 4.79 Å². The number of carbonyl (C=O) groups is 1. The SMILES string of the molecule is CCCC(C)(C)NC(=O)c1cc(C)c(Br)s1. The summed E-state index contributed by atoms with van der Waals surface area (Å²) in [5.74, 6) is 0.0252. The van der Waals surface area contributed by atoms with Gasteiger partial charge in [-0.2, -0.15) is 0 Å². The minimum Gasteiger partial charge on any atom is -0.346 e. The molecule has 16 heavy (non-hydrogen) atoms. The summed E-state index contributed by atoms with van der Waals surface area (Å²) >= 11 is 4.92. The highest BCUT2D eigenvalue weighted by Crippen LogP contribution is 2.27. The molecule has 0 bridgehead atoms. The third-order valence-electron chi connectivity index (χ3n) is 2.41. The molecule has 0 atom stereocenters. The molecule has 1 rings (SSSR count). The molecular weight excluding hydrogens is 286 g/mol. The molecule has 0 unspecified atom stereocenters. The molecule has 1 aromatic heterocycles. The minimum absolute atomic E-state index is 0.0252. The van der Waals surface area contributed by atoms with Crippen molar-refractivity contribution in [3.8, 4) is 0 Å². The third kappa shape index (κ3) is 3.59. The highest BCUT2D eigenvalue weighted by Gasteiger charge is 2.21. The van der Waals surface area contributed by atoms with Crippen LogP contribution < -0.4 is 5.32 Å². The van der Waals surface area contributed by atoms with Gasteiger partial charge in [-0.05, 0) is 54.8 Å². The molecule has 90 valence electrons. The van der Waals surface area contributed by atoms with Crippen LogP contribution in [0.15, 0.2) is 9.85 Å². The van der Waals surface area contributed by atoms with Gasteiger partial charge in [0.15, 0.2) is 0 Å². The summed E-state index contributed by atoms with van der Waals surface area (Å²) in [6, 6.07) is 1.92. The van der Waals surface area contributed by atoms with Crippen LogP contribution in [0, 0.1) is 6.92 Å². The summed E-state index contributed by atoms with van der Waals surface area (Å²) < 4.78 is 1.03. The number of rotatable bonds is 4. The van der Waals surface area contributed by atoms with E-state index in [2.05, 4.69) is 42.0 Å². The fraction of sp³-hybridized carbons (Fsp3) is 0.583. The van der Waals surface area contributed by atoms with E-state index in [1.807, 2.05) is 13.0 Å². The van der Waals surface area contributed by atoms with Crippen molar-refractivity contribution >= 4 is 33.2 Å². The van der Waals surface area contributed by atoms with Gasteiger partial charge in [0.2, 0.25) is 0 Å². The molecule has 0 saturated carbocycles. The number of nitrogens with one attached hydrogen (secondary N) is 1. The van der Waals surface area contributed by atoms with Crippen LogP contribution in [-0.4, -0.2) is 11.4 Å². The predicted molar refractivity (Wildman–Crippen MR) is 73.2 cm³/mol. The number of hydrogen-bond donors (Lipinski definition) is 1. The quantitative estimate of drug-likeness (QED) is 0.890. The molecule has 0 aromatic carbocycles. The second-order valence-corrected chi connectivity index (χ2v) is 7.03. The van der Waals surface area contributed by atoms with Crippen molar-refractivity contribution in [2.24, 2.45) is 0 Å². The number of aryl methyl sites for hydroxylation is 1. The zero-order valence-electron chi connectivity index (χ0n) is 10.2. The Balaban J connectivity index is 2.72. The van der Waals surface area contributed by atoms with E-state index in [-0.39, 0.29) is 11.4 Å². The first-order valence-corrected chi connectivity index (χ1v) is 7.05. The zero-order valence-corrected chi connectivity index (χ0v) is 12.6. The summed E-state index contributed by atoms with van der Waals surface area (Å²) in [7, 11) is 0. The van der Waals surface area contributed by atoms with Crippen molar-refractivity contribution in [3.05, 3.63) is 20.3 Å². The lowest BCUT2D eigenvalue weighted by Gasteiger charge is -2.25. The van der Waals surface area contributed by atoms with Gasteiger partial charge in [0.1, 0.15) is 0 Å². The van der Waals surface area contributed by atoms with E-state index in [1.54, 1.807) is 0 Å². The predicted octanol–water partition coefficient (Wildman–Crippen LogP) is 4.13. The van der Waals surface area contributed by atoms with Gasteiger partial charge in [0, 0.05) is 5.54 Å². The summed E-state index contributed by atoms with van der Waals surface area (Å²) in [4.78, 5) is 12.8. The molecule has 0 radical (unpaired) electrons. The van der Waals surface area contributed by atoms with Crippen LogP contribution in [0.4, 0.5) is 0 Å². The number of thiophene rings is 1. The zero-order chi connectivity index (χ0) is 12.3. The molecular formula is C12H18BrNOS. The molecule has 4 heteroatoms. The molecule has 1 N–H and O–H groups in total. The van der Waals surface area contributed by atoms with Gasteiger partial charge in [-0.15, -0.1) is 11.3 Å². The molecule has 1 amide bonds. The van der Waals surface area contributed by atoms with Gasteiger partial charge in [0.05, 0.1) is 8.66 Å². The maximum Gasteiger partial charge on any atom is 0.261 e. The minimum atomic E-state index is -0.129. The summed E-state index contributed by atoms with van der Waals surface area (Å²) in [5, 5.41) is 3.06. The van der Waals surface area contributed by atoms with Crippen molar-refractivity contribution in [1.82, 2.24) is 5.32 Å². The van der Waals surface area contributed by atoms with E-state index in [0.717, 1.165) is 27.1 Å². The lowest BCUT2D eigenvalue weighted by atomic mass is 9.99. The first kappa shape index (κ1) is 13.7. The number of carbonyl (C=O) groups excluding carboxylic acids is 1. The van der Waals surface area contributed by atoms with Crippen LogP contribution in [0.5, 0.6) is 0 Å². The van der Waals surface area contributed by atoms with Crippen molar-refractivity contribution in [2.45, 2.75) is 46.1 Å². The molecule has 0 saturated heterocycles. The maximum atomic E-state index is 12.0. The Labute approximate surface area is 110 Å². The van der Waals surface area contributed by atoms with E-state index in [4.69, 9.17) is 0 Å². The van der Waals surface area contributed by atoms with Gasteiger partial charge in [-0.1, -0.05) is 13.3 Å². The van der Waals surface area contributed by atoms with Gasteiger partial charge < -0.3 is 5.32 Å². The van der Waals surface area contributed by atoms with Crippen LogP contribution in [0.3, 0.4) is 0 Å². The van der Waals surface area contributed by atoms with Crippen molar-refractivity contribution in [3.63, 3.8) is 0 Å². The second-order valence-electron chi connectivity index (χ2n) is 4.66. The normalized spacial score (nSPS) is 11.6. The van der Waals surface area contributed by atoms with Crippen LogP contribution in [-0.2, 0) is 0 Å².